The maximum atomic E-state index is 13.9. The van der Waals surface area contributed by atoms with E-state index in [0.717, 1.165) is 31.2 Å². The van der Waals surface area contributed by atoms with E-state index in [4.69, 9.17) is 4.42 Å². The molecule has 0 radical (unpaired) electrons. The van der Waals surface area contributed by atoms with Crippen molar-refractivity contribution in [1.29, 1.82) is 0 Å². The number of amides is 2. The molecule has 7 heteroatoms. The van der Waals surface area contributed by atoms with E-state index < -0.39 is 5.54 Å². The Bertz CT molecular complexity index is 1160. The van der Waals surface area contributed by atoms with Crippen LogP contribution in [0.2, 0.25) is 0 Å². The van der Waals surface area contributed by atoms with E-state index in [1.165, 1.54) is 25.0 Å². The molecule has 2 aromatic heterocycles. The smallest absolute Gasteiger partial charge is 0.271 e. The van der Waals surface area contributed by atoms with Gasteiger partial charge >= 0.3 is 0 Å². The summed E-state index contributed by atoms with van der Waals surface area (Å²) >= 11 is 0. The quantitative estimate of drug-likeness (QED) is 0.606. The van der Waals surface area contributed by atoms with E-state index in [1.54, 1.807) is 29.4 Å². The molecule has 1 aliphatic carbocycles. The number of furan rings is 1. The summed E-state index contributed by atoms with van der Waals surface area (Å²) in [6.45, 7) is 2.27. The molecule has 2 amide bonds. The van der Waals surface area contributed by atoms with Crippen LogP contribution in [-0.2, 0) is 17.9 Å². The van der Waals surface area contributed by atoms with E-state index in [-0.39, 0.29) is 30.2 Å². The molecular formula is C25H28FN3O3. The Kier molecular flexibility index (Phi) is 5.27. The average molecular weight is 438 g/mol. The standard InChI is InChI=1S/C25H28FN3O3/c1-25(24(31)27-19-9-4-2-3-5-10-19)16-28-20-11-12-32-22(20)14-21(28)23(30)29(25)15-17-7-6-8-18(26)13-17/h6-8,11-14,19H,2-5,9-10,15-16H2,1H3,(H,27,31). The number of hydrogen-bond donors (Lipinski definition) is 1. The van der Waals surface area contributed by atoms with Crippen molar-refractivity contribution < 1.29 is 18.4 Å². The topological polar surface area (TPSA) is 67.5 Å². The summed E-state index contributed by atoms with van der Waals surface area (Å²) in [4.78, 5) is 28.9. The monoisotopic (exact) mass is 437 g/mol. The summed E-state index contributed by atoms with van der Waals surface area (Å²) in [7, 11) is 0. The van der Waals surface area contributed by atoms with Gasteiger partial charge in [0.2, 0.25) is 5.91 Å². The van der Waals surface area contributed by atoms with Gasteiger partial charge in [-0.05, 0) is 37.5 Å². The lowest BCUT2D eigenvalue weighted by Crippen LogP contribution is -2.64. The second kappa shape index (κ2) is 8.11. The highest BCUT2D eigenvalue weighted by Gasteiger charge is 2.48. The highest BCUT2D eigenvalue weighted by Crippen LogP contribution is 2.34. The maximum absolute atomic E-state index is 13.9. The summed E-state index contributed by atoms with van der Waals surface area (Å²) in [5.41, 5.74) is 1.43. The van der Waals surface area contributed by atoms with E-state index >= 15 is 0 Å². The van der Waals surface area contributed by atoms with Crippen molar-refractivity contribution in [2.75, 3.05) is 0 Å². The number of aromatic nitrogens is 1. The van der Waals surface area contributed by atoms with E-state index in [9.17, 15) is 14.0 Å². The molecule has 32 heavy (non-hydrogen) atoms. The predicted molar refractivity (Wildman–Crippen MR) is 119 cm³/mol. The van der Waals surface area contributed by atoms with Gasteiger partial charge in [-0.15, -0.1) is 0 Å². The van der Waals surface area contributed by atoms with Crippen molar-refractivity contribution >= 4 is 22.9 Å². The number of carbonyl (C=O) groups excluding carboxylic acids is 2. The van der Waals surface area contributed by atoms with E-state index in [2.05, 4.69) is 5.32 Å². The van der Waals surface area contributed by atoms with Gasteiger partial charge in [-0.1, -0.05) is 37.8 Å². The Morgan fingerprint density at radius 3 is 2.72 bits per heavy atom. The number of rotatable bonds is 4. The molecule has 168 valence electrons. The van der Waals surface area contributed by atoms with Crippen LogP contribution in [0.1, 0.15) is 61.5 Å². The molecule has 5 rings (SSSR count). The normalized spacial score (nSPS) is 22.1. The van der Waals surface area contributed by atoms with Crippen LogP contribution in [0.3, 0.4) is 0 Å². The molecule has 0 spiro atoms. The van der Waals surface area contributed by atoms with Crippen molar-refractivity contribution in [3.05, 3.63) is 59.7 Å². The Labute approximate surface area is 186 Å². The molecule has 3 heterocycles. The SMILES string of the molecule is CC1(C(=O)NC2CCCCCC2)Cn2c(cc3occc32)C(=O)N1Cc1cccc(F)c1. The fourth-order valence-corrected chi connectivity index (χ4v) is 5.10. The Balaban J connectivity index is 1.52. The van der Waals surface area contributed by atoms with Crippen LogP contribution >= 0.6 is 0 Å². The van der Waals surface area contributed by atoms with E-state index in [1.807, 2.05) is 17.6 Å². The Morgan fingerprint density at radius 2 is 1.97 bits per heavy atom. The molecule has 1 fully saturated rings. The fourth-order valence-electron chi connectivity index (χ4n) is 5.10. The largest absolute Gasteiger partial charge is 0.463 e. The third-order valence-electron chi connectivity index (χ3n) is 6.96. The van der Waals surface area contributed by atoms with Crippen LogP contribution in [0, 0.1) is 5.82 Å². The van der Waals surface area contributed by atoms with Gasteiger partial charge in [0.05, 0.1) is 18.3 Å². The molecule has 0 bridgehead atoms. The molecule has 1 N–H and O–H groups in total. The van der Waals surface area contributed by atoms with Gasteiger partial charge in [0.25, 0.3) is 5.91 Å². The van der Waals surface area contributed by atoms with Crippen molar-refractivity contribution in [3.63, 3.8) is 0 Å². The second-order valence-electron chi connectivity index (χ2n) is 9.24. The van der Waals surface area contributed by atoms with Gasteiger partial charge in [-0.2, -0.15) is 0 Å². The molecule has 1 saturated carbocycles. The van der Waals surface area contributed by atoms with Crippen molar-refractivity contribution in [2.45, 2.75) is 70.1 Å². The third-order valence-corrected chi connectivity index (χ3v) is 6.96. The fraction of sp³-hybridized carbons (Fsp3) is 0.440. The minimum atomic E-state index is -1.12. The lowest BCUT2D eigenvalue weighted by molar-refractivity contribution is -0.134. The minimum absolute atomic E-state index is 0.118. The van der Waals surface area contributed by atoms with Crippen molar-refractivity contribution in [1.82, 2.24) is 14.8 Å². The zero-order chi connectivity index (χ0) is 22.3. The number of nitrogens with one attached hydrogen (secondary N) is 1. The molecule has 0 saturated heterocycles. The molecule has 1 atom stereocenters. The van der Waals surface area contributed by atoms with Gasteiger partial charge in [0.15, 0.2) is 5.58 Å². The summed E-state index contributed by atoms with van der Waals surface area (Å²) < 4.78 is 21.2. The lowest BCUT2D eigenvalue weighted by Gasteiger charge is -2.44. The molecule has 1 aliphatic heterocycles. The zero-order valence-electron chi connectivity index (χ0n) is 18.3. The second-order valence-corrected chi connectivity index (χ2v) is 9.24. The number of fused-ring (bicyclic) bond motifs is 3. The van der Waals surface area contributed by atoms with Crippen LogP contribution < -0.4 is 5.32 Å². The molecule has 2 aliphatic rings. The van der Waals surface area contributed by atoms with Crippen molar-refractivity contribution in [3.8, 4) is 0 Å². The first-order valence-corrected chi connectivity index (χ1v) is 11.4. The van der Waals surface area contributed by atoms with Crippen LogP contribution in [-0.4, -0.2) is 32.9 Å². The van der Waals surface area contributed by atoms with Crippen LogP contribution in [0.15, 0.2) is 47.1 Å². The predicted octanol–water partition coefficient (Wildman–Crippen LogP) is 4.63. The molecule has 1 aromatic carbocycles. The number of hydrogen-bond acceptors (Lipinski definition) is 3. The van der Waals surface area contributed by atoms with Crippen LogP contribution in [0.5, 0.6) is 0 Å². The zero-order valence-corrected chi connectivity index (χ0v) is 18.3. The van der Waals surface area contributed by atoms with Gasteiger partial charge in [0.1, 0.15) is 17.1 Å². The van der Waals surface area contributed by atoms with Gasteiger partial charge in [-0.25, -0.2) is 4.39 Å². The first-order valence-electron chi connectivity index (χ1n) is 11.4. The van der Waals surface area contributed by atoms with Crippen LogP contribution in [0.25, 0.3) is 11.1 Å². The molecule has 1 unspecified atom stereocenters. The number of nitrogens with zero attached hydrogens (tertiary/aromatic N) is 2. The Morgan fingerprint density at radius 1 is 1.19 bits per heavy atom. The van der Waals surface area contributed by atoms with E-state index in [0.29, 0.717) is 23.4 Å². The lowest BCUT2D eigenvalue weighted by atomic mass is 9.93. The van der Waals surface area contributed by atoms with Gasteiger partial charge in [0, 0.05) is 24.7 Å². The summed E-state index contributed by atoms with van der Waals surface area (Å²) in [6, 6.07) is 9.84. The average Bonchev–Trinajstić information content (AvgIpc) is 3.26. The molecular weight excluding hydrogens is 409 g/mol. The summed E-state index contributed by atoms with van der Waals surface area (Å²) in [5.74, 6) is -0.784. The van der Waals surface area contributed by atoms with Crippen LogP contribution in [0.4, 0.5) is 4.39 Å². The molecule has 3 aromatic rings. The number of carbonyl (C=O) groups is 2. The van der Waals surface area contributed by atoms with Gasteiger partial charge < -0.3 is 19.2 Å². The van der Waals surface area contributed by atoms with Gasteiger partial charge in [-0.3, -0.25) is 9.59 Å². The Hall–Kier alpha value is -3.09. The number of halogens is 1. The maximum Gasteiger partial charge on any atom is 0.271 e. The third kappa shape index (κ3) is 3.59. The summed E-state index contributed by atoms with van der Waals surface area (Å²) in [6.07, 6.45) is 8.10. The van der Waals surface area contributed by atoms with Crippen molar-refractivity contribution in [2.24, 2.45) is 0 Å². The highest BCUT2D eigenvalue weighted by atomic mass is 19.1. The number of benzene rings is 1. The first kappa shape index (κ1) is 20.8. The highest BCUT2D eigenvalue weighted by molar-refractivity contribution is 6.02. The minimum Gasteiger partial charge on any atom is -0.463 e. The first-order chi connectivity index (χ1) is 15.5. The molecule has 6 nitrogen and oxygen atoms in total. The summed E-state index contributed by atoms with van der Waals surface area (Å²) in [5, 5.41) is 3.24.